The predicted octanol–water partition coefficient (Wildman–Crippen LogP) is 4.03. The molecule has 0 saturated heterocycles. The van der Waals surface area contributed by atoms with Crippen LogP contribution in [0.5, 0.6) is 0 Å². The molecular weight excluding hydrogens is 260 g/mol. The molecule has 1 fully saturated rings. The minimum atomic E-state index is 0.121. The second kappa shape index (κ2) is 6.25. The van der Waals surface area contributed by atoms with Gasteiger partial charge in [-0.15, -0.1) is 0 Å². The second-order valence-electron chi connectivity index (χ2n) is 6.10. The van der Waals surface area contributed by atoms with Crippen molar-refractivity contribution in [1.29, 1.82) is 0 Å². The van der Waals surface area contributed by atoms with Crippen molar-refractivity contribution in [3.8, 4) is 0 Å². The van der Waals surface area contributed by atoms with Gasteiger partial charge in [-0.25, -0.2) is 4.98 Å². The number of amides is 1. The van der Waals surface area contributed by atoms with E-state index in [0.717, 1.165) is 32.1 Å². The number of pyridine rings is 1. The standard InChI is InChI=1S/C18H22N2O/c1-13-3-2-4-14(11-13)5-6-15-9-10-19-17(12-15)20-18(21)16-7-8-16/h3,9-12,16H,2,4-8H2,1H3,(H,19,20,21). The van der Waals surface area contributed by atoms with E-state index in [0.29, 0.717) is 5.82 Å². The zero-order valence-electron chi connectivity index (χ0n) is 12.6. The zero-order chi connectivity index (χ0) is 14.7. The molecule has 3 nitrogen and oxygen atoms in total. The molecule has 110 valence electrons. The third-order valence-electron chi connectivity index (χ3n) is 4.12. The highest BCUT2D eigenvalue weighted by atomic mass is 16.2. The Bertz CT molecular complexity index is 597. The first-order valence-corrected chi connectivity index (χ1v) is 7.83. The van der Waals surface area contributed by atoms with Gasteiger partial charge in [-0.2, -0.15) is 0 Å². The third-order valence-corrected chi connectivity index (χ3v) is 4.12. The summed E-state index contributed by atoms with van der Waals surface area (Å²) in [6, 6.07) is 4.05. The Labute approximate surface area is 126 Å². The minimum absolute atomic E-state index is 0.121. The van der Waals surface area contributed by atoms with Gasteiger partial charge in [0, 0.05) is 12.1 Å². The first kappa shape index (κ1) is 14.1. The summed E-state index contributed by atoms with van der Waals surface area (Å²) in [6.45, 7) is 2.16. The summed E-state index contributed by atoms with van der Waals surface area (Å²) in [4.78, 5) is 16.0. The highest BCUT2D eigenvalue weighted by molar-refractivity contribution is 5.93. The van der Waals surface area contributed by atoms with Crippen LogP contribution in [-0.2, 0) is 11.2 Å². The Kier molecular flexibility index (Phi) is 4.18. The predicted molar refractivity (Wildman–Crippen MR) is 85.0 cm³/mol. The molecule has 0 bridgehead atoms. The highest BCUT2D eigenvalue weighted by Crippen LogP contribution is 2.30. The number of rotatable bonds is 5. The van der Waals surface area contributed by atoms with Crippen molar-refractivity contribution >= 4 is 11.7 Å². The van der Waals surface area contributed by atoms with Crippen LogP contribution >= 0.6 is 0 Å². The molecular formula is C18H22N2O. The van der Waals surface area contributed by atoms with Crippen molar-refractivity contribution in [2.45, 2.75) is 45.4 Å². The average Bonchev–Trinajstić information content (AvgIpc) is 3.30. The second-order valence-corrected chi connectivity index (χ2v) is 6.10. The van der Waals surface area contributed by atoms with E-state index in [9.17, 15) is 4.79 Å². The third kappa shape index (κ3) is 4.03. The number of hydrogen-bond donors (Lipinski definition) is 1. The van der Waals surface area contributed by atoms with E-state index in [-0.39, 0.29) is 11.8 Å². The van der Waals surface area contributed by atoms with Crippen LogP contribution in [0, 0.1) is 5.92 Å². The largest absolute Gasteiger partial charge is 0.310 e. The summed E-state index contributed by atoms with van der Waals surface area (Å²) in [7, 11) is 0. The molecule has 0 radical (unpaired) electrons. The topological polar surface area (TPSA) is 42.0 Å². The van der Waals surface area contributed by atoms with Crippen molar-refractivity contribution in [3.63, 3.8) is 0 Å². The van der Waals surface area contributed by atoms with E-state index in [2.05, 4.69) is 29.4 Å². The summed E-state index contributed by atoms with van der Waals surface area (Å²) in [5.41, 5.74) is 4.14. The van der Waals surface area contributed by atoms with Crippen LogP contribution < -0.4 is 5.32 Å². The maximum Gasteiger partial charge on any atom is 0.228 e. The molecule has 1 aromatic heterocycles. The van der Waals surface area contributed by atoms with Gasteiger partial charge in [-0.1, -0.05) is 23.3 Å². The molecule has 1 saturated carbocycles. The van der Waals surface area contributed by atoms with Crippen LogP contribution in [0.2, 0.25) is 0 Å². The van der Waals surface area contributed by atoms with Crippen molar-refractivity contribution in [2.75, 3.05) is 5.32 Å². The molecule has 0 spiro atoms. The Morgan fingerprint density at radius 1 is 1.38 bits per heavy atom. The van der Waals surface area contributed by atoms with Gasteiger partial charge < -0.3 is 5.32 Å². The Morgan fingerprint density at radius 2 is 2.24 bits per heavy atom. The van der Waals surface area contributed by atoms with Crippen molar-refractivity contribution < 1.29 is 4.79 Å². The fourth-order valence-corrected chi connectivity index (χ4v) is 2.71. The van der Waals surface area contributed by atoms with E-state index >= 15 is 0 Å². The number of carbonyl (C=O) groups is 1. The van der Waals surface area contributed by atoms with Crippen LogP contribution in [0.4, 0.5) is 5.82 Å². The van der Waals surface area contributed by atoms with E-state index in [1.165, 1.54) is 23.1 Å². The smallest absolute Gasteiger partial charge is 0.228 e. The number of anilines is 1. The molecule has 1 aromatic rings. The molecule has 1 N–H and O–H groups in total. The van der Waals surface area contributed by atoms with Crippen LogP contribution in [0.1, 0.15) is 44.6 Å². The number of hydrogen-bond acceptors (Lipinski definition) is 2. The molecule has 3 heteroatoms. The fraction of sp³-hybridized carbons (Fsp3) is 0.444. The van der Waals surface area contributed by atoms with Crippen LogP contribution in [-0.4, -0.2) is 10.9 Å². The number of carbonyl (C=O) groups excluding carboxylic acids is 1. The summed E-state index contributed by atoms with van der Waals surface area (Å²) < 4.78 is 0. The van der Waals surface area contributed by atoms with Gasteiger partial charge in [-0.05, 0) is 63.1 Å². The lowest BCUT2D eigenvalue weighted by molar-refractivity contribution is -0.117. The first-order chi connectivity index (χ1) is 10.2. The number of aryl methyl sites for hydroxylation is 1. The Hall–Kier alpha value is -1.90. The summed E-state index contributed by atoms with van der Waals surface area (Å²) in [5, 5.41) is 2.92. The van der Waals surface area contributed by atoms with Gasteiger partial charge in [-0.3, -0.25) is 4.79 Å². The maximum atomic E-state index is 11.8. The van der Waals surface area contributed by atoms with E-state index in [1.54, 1.807) is 6.20 Å². The van der Waals surface area contributed by atoms with Crippen LogP contribution in [0.3, 0.4) is 0 Å². The molecule has 1 heterocycles. The average molecular weight is 282 g/mol. The van der Waals surface area contributed by atoms with E-state index in [4.69, 9.17) is 0 Å². The lowest BCUT2D eigenvalue weighted by atomic mass is 9.95. The monoisotopic (exact) mass is 282 g/mol. The van der Waals surface area contributed by atoms with Gasteiger partial charge in [0.1, 0.15) is 5.82 Å². The van der Waals surface area contributed by atoms with Gasteiger partial charge >= 0.3 is 0 Å². The normalized spacial score (nSPS) is 18.0. The fourth-order valence-electron chi connectivity index (χ4n) is 2.71. The summed E-state index contributed by atoms with van der Waals surface area (Å²) in [6.07, 6.45) is 12.9. The van der Waals surface area contributed by atoms with Crippen molar-refractivity contribution in [1.82, 2.24) is 4.98 Å². The number of aromatic nitrogens is 1. The number of nitrogens with one attached hydrogen (secondary N) is 1. The van der Waals surface area contributed by atoms with Gasteiger partial charge in [0.15, 0.2) is 0 Å². The first-order valence-electron chi connectivity index (χ1n) is 7.83. The Balaban J connectivity index is 1.58. The zero-order valence-corrected chi connectivity index (χ0v) is 12.6. The molecule has 3 rings (SSSR count). The van der Waals surface area contributed by atoms with E-state index < -0.39 is 0 Å². The lowest BCUT2D eigenvalue weighted by Crippen LogP contribution is -2.14. The molecule has 2 aliphatic rings. The highest BCUT2D eigenvalue weighted by Gasteiger charge is 2.29. The molecule has 21 heavy (non-hydrogen) atoms. The van der Waals surface area contributed by atoms with Gasteiger partial charge in [0.05, 0.1) is 0 Å². The van der Waals surface area contributed by atoms with Crippen LogP contribution in [0.15, 0.2) is 41.6 Å². The minimum Gasteiger partial charge on any atom is -0.310 e. The van der Waals surface area contributed by atoms with Crippen molar-refractivity contribution in [2.24, 2.45) is 5.92 Å². The molecule has 1 amide bonds. The summed E-state index contributed by atoms with van der Waals surface area (Å²) >= 11 is 0. The number of allylic oxidation sites excluding steroid dienone is 4. The van der Waals surface area contributed by atoms with Gasteiger partial charge in [0.2, 0.25) is 5.91 Å². The lowest BCUT2D eigenvalue weighted by Gasteiger charge is -2.12. The van der Waals surface area contributed by atoms with Crippen LogP contribution in [0.25, 0.3) is 0 Å². The Morgan fingerprint density at radius 3 is 3.00 bits per heavy atom. The van der Waals surface area contributed by atoms with Crippen molar-refractivity contribution in [3.05, 3.63) is 47.2 Å². The number of nitrogens with zero attached hydrogens (tertiary/aromatic N) is 1. The molecule has 2 aliphatic carbocycles. The molecule has 0 aliphatic heterocycles. The molecule has 0 unspecified atom stereocenters. The SMILES string of the molecule is CC1=CCCC(CCc2ccnc(NC(=O)C3CC3)c2)=C1. The quantitative estimate of drug-likeness (QED) is 0.886. The summed E-state index contributed by atoms with van der Waals surface area (Å²) in [5.74, 6) is 1.03. The van der Waals surface area contributed by atoms with E-state index in [1.807, 2.05) is 12.1 Å². The van der Waals surface area contributed by atoms with Gasteiger partial charge in [0.25, 0.3) is 0 Å². The maximum absolute atomic E-state index is 11.8. The molecule has 0 atom stereocenters. The molecule has 0 aromatic carbocycles.